The molecule has 3 aliphatic rings. The Hall–Kier alpha value is -3.36. The number of anilines is 2. The van der Waals surface area contributed by atoms with E-state index in [9.17, 15) is 9.59 Å². The molecular formula is C24H30N6O3. The summed E-state index contributed by atoms with van der Waals surface area (Å²) in [5.74, 6) is 0.727. The van der Waals surface area contributed by atoms with Crippen LogP contribution in [0.5, 0.6) is 0 Å². The summed E-state index contributed by atoms with van der Waals surface area (Å²) in [5, 5.41) is 0. The molecular weight excluding hydrogens is 420 g/mol. The van der Waals surface area contributed by atoms with Crippen LogP contribution in [-0.4, -0.2) is 90.2 Å². The lowest BCUT2D eigenvalue weighted by atomic mass is 9.83. The van der Waals surface area contributed by atoms with E-state index in [0.717, 1.165) is 19.5 Å². The number of carbonyl (C=O) groups is 2. The van der Waals surface area contributed by atoms with Crippen molar-refractivity contribution >= 4 is 23.6 Å². The van der Waals surface area contributed by atoms with E-state index in [4.69, 9.17) is 4.74 Å². The predicted molar refractivity (Wildman–Crippen MR) is 124 cm³/mol. The second kappa shape index (κ2) is 9.25. The van der Waals surface area contributed by atoms with E-state index in [0.29, 0.717) is 45.3 Å². The molecule has 0 saturated carbocycles. The Bertz CT molecular complexity index is 995. The molecule has 4 heterocycles. The van der Waals surface area contributed by atoms with Crippen LogP contribution in [0.25, 0.3) is 0 Å². The van der Waals surface area contributed by atoms with Crippen LogP contribution in [-0.2, 0) is 16.0 Å². The van der Waals surface area contributed by atoms with Gasteiger partial charge in [0, 0.05) is 63.9 Å². The molecule has 2 saturated heterocycles. The van der Waals surface area contributed by atoms with Gasteiger partial charge in [-0.3, -0.25) is 4.79 Å². The lowest BCUT2D eigenvalue weighted by Gasteiger charge is -2.50. The molecule has 0 bridgehead atoms. The number of hydrogen-bond acceptors (Lipinski definition) is 7. The lowest BCUT2D eigenvalue weighted by molar-refractivity contribution is -0.138. The van der Waals surface area contributed by atoms with Crippen molar-refractivity contribution in [3.05, 3.63) is 48.3 Å². The number of aromatic nitrogens is 2. The summed E-state index contributed by atoms with van der Waals surface area (Å²) in [4.78, 5) is 42.9. The van der Waals surface area contributed by atoms with Gasteiger partial charge in [-0.1, -0.05) is 18.2 Å². The second-order valence-corrected chi connectivity index (χ2v) is 8.71. The number of amides is 2. The quantitative estimate of drug-likeness (QED) is 0.703. The summed E-state index contributed by atoms with van der Waals surface area (Å²) in [6, 6.07) is 10.3. The number of piperazine rings is 2. The number of nitrogens with zero attached hydrogens (tertiary/aromatic N) is 6. The number of fused-ring (bicyclic) bond motifs is 3. The summed E-state index contributed by atoms with van der Waals surface area (Å²) in [6.07, 6.45) is 3.94. The minimum atomic E-state index is -0.298. The molecule has 2 unspecified atom stereocenters. The smallest absolute Gasteiger partial charge is 0.409 e. The van der Waals surface area contributed by atoms with Gasteiger partial charge in [-0.2, -0.15) is 0 Å². The molecule has 9 heteroatoms. The van der Waals surface area contributed by atoms with Crippen LogP contribution >= 0.6 is 0 Å². The molecule has 0 radical (unpaired) electrons. The van der Waals surface area contributed by atoms with Gasteiger partial charge >= 0.3 is 6.09 Å². The third-order valence-corrected chi connectivity index (χ3v) is 6.89. The molecule has 2 fully saturated rings. The van der Waals surface area contributed by atoms with Gasteiger partial charge in [0.25, 0.3) is 0 Å². The summed E-state index contributed by atoms with van der Waals surface area (Å²) >= 11 is 0. The van der Waals surface area contributed by atoms with Gasteiger partial charge < -0.3 is 24.3 Å². The Kier molecular flexibility index (Phi) is 6.02. The van der Waals surface area contributed by atoms with Crippen molar-refractivity contribution in [3.63, 3.8) is 0 Å². The minimum Gasteiger partial charge on any atom is -0.450 e. The number of carbonyl (C=O) groups excluding carboxylic acids is 2. The fourth-order valence-corrected chi connectivity index (χ4v) is 5.24. The molecule has 0 aliphatic carbocycles. The molecule has 5 rings (SSSR count). The average Bonchev–Trinajstić information content (AvgIpc) is 2.88. The largest absolute Gasteiger partial charge is 0.450 e. The zero-order valence-electron chi connectivity index (χ0n) is 19.0. The van der Waals surface area contributed by atoms with E-state index >= 15 is 0 Å². The Labute approximate surface area is 193 Å². The van der Waals surface area contributed by atoms with Gasteiger partial charge in [0.05, 0.1) is 18.6 Å². The molecule has 174 valence electrons. The summed E-state index contributed by atoms with van der Waals surface area (Å²) < 4.78 is 5.12. The number of hydrogen-bond donors (Lipinski definition) is 0. The number of para-hydroxylation sites is 1. The van der Waals surface area contributed by atoms with E-state index < -0.39 is 0 Å². The van der Waals surface area contributed by atoms with Crippen molar-refractivity contribution in [1.82, 2.24) is 19.8 Å². The number of rotatable bonds is 3. The maximum Gasteiger partial charge on any atom is 0.409 e. The fourth-order valence-electron chi connectivity index (χ4n) is 5.24. The molecule has 1 aromatic carbocycles. The highest BCUT2D eigenvalue weighted by Crippen LogP contribution is 2.37. The van der Waals surface area contributed by atoms with E-state index in [2.05, 4.69) is 38.0 Å². The highest BCUT2D eigenvalue weighted by Gasteiger charge is 2.43. The van der Waals surface area contributed by atoms with Crippen molar-refractivity contribution in [2.24, 2.45) is 5.92 Å². The first kappa shape index (κ1) is 21.5. The summed E-state index contributed by atoms with van der Waals surface area (Å²) in [5.41, 5.74) is 2.45. The maximum absolute atomic E-state index is 13.8. The molecule has 0 spiro atoms. The Morgan fingerprint density at radius 3 is 2.45 bits per heavy atom. The van der Waals surface area contributed by atoms with Gasteiger partial charge in [0.15, 0.2) is 0 Å². The van der Waals surface area contributed by atoms with E-state index in [1.165, 1.54) is 11.3 Å². The van der Waals surface area contributed by atoms with Crippen molar-refractivity contribution in [2.45, 2.75) is 19.4 Å². The first-order valence-corrected chi connectivity index (χ1v) is 11.7. The Morgan fingerprint density at radius 2 is 1.70 bits per heavy atom. The predicted octanol–water partition coefficient (Wildman–Crippen LogP) is 1.64. The molecule has 2 aromatic rings. The lowest BCUT2D eigenvalue weighted by Crippen LogP contribution is -2.62. The number of benzene rings is 1. The molecule has 0 N–H and O–H groups in total. The summed E-state index contributed by atoms with van der Waals surface area (Å²) in [6.45, 7) is 6.59. The minimum absolute atomic E-state index is 0.0491. The SMILES string of the molecule is CCOC(=O)N1CCN(C(=O)C2Cc3ccccc3N3CCN(c4ncccn4)CC23)CC1. The molecule has 1 aromatic heterocycles. The molecule has 2 amide bonds. The van der Waals surface area contributed by atoms with Crippen LogP contribution in [0.4, 0.5) is 16.4 Å². The average molecular weight is 451 g/mol. The Balaban J connectivity index is 1.35. The van der Waals surface area contributed by atoms with Crippen LogP contribution in [0, 0.1) is 5.92 Å². The van der Waals surface area contributed by atoms with Gasteiger partial charge in [-0.25, -0.2) is 14.8 Å². The maximum atomic E-state index is 13.8. The van der Waals surface area contributed by atoms with Crippen LogP contribution in [0.15, 0.2) is 42.7 Å². The highest BCUT2D eigenvalue weighted by atomic mass is 16.6. The third-order valence-electron chi connectivity index (χ3n) is 6.89. The fraction of sp³-hybridized carbons (Fsp3) is 0.500. The van der Waals surface area contributed by atoms with Gasteiger partial charge in [-0.05, 0) is 31.0 Å². The monoisotopic (exact) mass is 450 g/mol. The topological polar surface area (TPSA) is 82.1 Å². The molecule has 2 atom stereocenters. The first-order valence-electron chi connectivity index (χ1n) is 11.7. The molecule has 33 heavy (non-hydrogen) atoms. The van der Waals surface area contributed by atoms with Crippen LogP contribution in [0.3, 0.4) is 0 Å². The van der Waals surface area contributed by atoms with Gasteiger partial charge in [-0.15, -0.1) is 0 Å². The van der Waals surface area contributed by atoms with Crippen molar-refractivity contribution in [2.75, 3.05) is 62.2 Å². The van der Waals surface area contributed by atoms with Gasteiger partial charge in [0.2, 0.25) is 11.9 Å². The van der Waals surface area contributed by atoms with Gasteiger partial charge in [0.1, 0.15) is 0 Å². The summed E-state index contributed by atoms with van der Waals surface area (Å²) in [7, 11) is 0. The number of ether oxygens (including phenoxy) is 1. The second-order valence-electron chi connectivity index (χ2n) is 8.71. The highest BCUT2D eigenvalue weighted by molar-refractivity contribution is 5.83. The zero-order chi connectivity index (χ0) is 22.8. The standard InChI is InChI=1S/C24H30N6O3/c1-2-33-24(32)28-12-10-27(11-13-28)22(31)19-16-18-6-3-4-7-20(18)30-15-14-29(17-21(19)30)23-25-8-5-9-26-23/h3-9,19,21H,2,10-17H2,1H3. The van der Waals surface area contributed by atoms with Crippen molar-refractivity contribution < 1.29 is 14.3 Å². The molecule has 9 nitrogen and oxygen atoms in total. The zero-order valence-corrected chi connectivity index (χ0v) is 19.0. The van der Waals surface area contributed by atoms with E-state index in [1.807, 2.05) is 17.0 Å². The van der Waals surface area contributed by atoms with Crippen molar-refractivity contribution in [1.29, 1.82) is 0 Å². The van der Waals surface area contributed by atoms with Crippen LogP contribution in [0.1, 0.15) is 12.5 Å². The third kappa shape index (κ3) is 4.19. The first-order chi connectivity index (χ1) is 16.2. The molecule has 3 aliphatic heterocycles. The van der Waals surface area contributed by atoms with Crippen LogP contribution in [0.2, 0.25) is 0 Å². The van der Waals surface area contributed by atoms with E-state index in [1.54, 1.807) is 24.2 Å². The Morgan fingerprint density at radius 1 is 0.970 bits per heavy atom. The normalized spacial score (nSPS) is 22.5. The van der Waals surface area contributed by atoms with Crippen molar-refractivity contribution in [3.8, 4) is 0 Å². The van der Waals surface area contributed by atoms with Crippen LogP contribution < -0.4 is 9.80 Å². The van der Waals surface area contributed by atoms with E-state index in [-0.39, 0.29) is 24.0 Å².